The lowest BCUT2D eigenvalue weighted by Crippen LogP contribution is -2.42. The predicted molar refractivity (Wildman–Crippen MR) is 113 cm³/mol. The van der Waals surface area contributed by atoms with Crippen molar-refractivity contribution in [3.05, 3.63) is 77.4 Å². The minimum Gasteiger partial charge on any atom is -0.351 e. The molecule has 150 valence electrons. The van der Waals surface area contributed by atoms with E-state index in [1.807, 2.05) is 49.4 Å². The summed E-state index contributed by atoms with van der Waals surface area (Å²) in [6, 6.07) is 13.4. The van der Waals surface area contributed by atoms with Crippen molar-refractivity contribution in [2.24, 2.45) is 0 Å². The van der Waals surface area contributed by atoms with Crippen molar-refractivity contribution in [3.63, 3.8) is 0 Å². The summed E-state index contributed by atoms with van der Waals surface area (Å²) in [5, 5.41) is 2.66. The van der Waals surface area contributed by atoms with Crippen LogP contribution in [0, 0.1) is 20.8 Å². The molecule has 5 nitrogen and oxygen atoms in total. The molecule has 2 rings (SSSR count). The highest BCUT2D eigenvalue weighted by Crippen LogP contribution is 2.25. The third-order valence-corrected chi connectivity index (χ3v) is 6.61. The number of carbonyl (C=O) groups is 1. The second kappa shape index (κ2) is 9.66. The van der Waals surface area contributed by atoms with Gasteiger partial charge in [-0.25, -0.2) is 8.42 Å². The maximum absolute atomic E-state index is 13.4. The largest absolute Gasteiger partial charge is 0.351 e. The highest BCUT2D eigenvalue weighted by molar-refractivity contribution is 7.89. The first-order chi connectivity index (χ1) is 13.3. The second-order valence-electron chi connectivity index (χ2n) is 6.89. The molecule has 0 radical (unpaired) electrons. The van der Waals surface area contributed by atoms with Crippen LogP contribution in [0.15, 0.2) is 60.0 Å². The molecule has 0 saturated carbocycles. The van der Waals surface area contributed by atoms with E-state index < -0.39 is 10.0 Å². The Morgan fingerprint density at radius 2 is 1.71 bits per heavy atom. The quantitative estimate of drug-likeness (QED) is 0.658. The van der Waals surface area contributed by atoms with E-state index in [1.54, 1.807) is 19.9 Å². The van der Waals surface area contributed by atoms with E-state index in [9.17, 15) is 13.2 Å². The highest BCUT2D eigenvalue weighted by atomic mass is 32.2. The Morgan fingerprint density at radius 3 is 2.29 bits per heavy atom. The molecular weight excluding hydrogens is 372 g/mol. The van der Waals surface area contributed by atoms with E-state index in [-0.39, 0.29) is 23.9 Å². The normalized spacial score (nSPS) is 11.4. The number of hydrogen-bond donors (Lipinski definition) is 1. The lowest BCUT2D eigenvalue weighted by Gasteiger charge is -2.24. The van der Waals surface area contributed by atoms with E-state index >= 15 is 0 Å². The van der Waals surface area contributed by atoms with Gasteiger partial charge in [-0.2, -0.15) is 4.31 Å². The van der Waals surface area contributed by atoms with Gasteiger partial charge in [-0.15, -0.1) is 6.58 Å². The average Bonchev–Trinajstić information content (AvgIpc) is 2.63. The van der Waals surface area contributed by atoms with Crippen LogP contribution in [0.2, 0.25) is 0 Å². The summed E-state index contributed by atoms with van der Waals surface area (Å²) in [6.07, 6.45) is 2.09. The number of amides is 1. The first kappa shape index (κ1) is 21.9. The van der Waals surface area contributed by atoms with Gasteiger partial charge in [-0.1, -0.05) is 54.1 Å². The van der Waals surface area contributed by atoms with E-state index in [1.165, 1.54) is 4.31 Å². The molecule has 0 bridgehead atoms. The summed E-state index contributed by atoms with van der Waals surface area (Å²) in [5.74, 6) is -0.348. The van der Waals surface area contributed by atoms with Crippen LogP contribution < -0.4 is 5.32 Å². The number of sulfonamides is 1. The van der Waals surface area contributed by atoms with E-state index in [2.05, 4.69) is 11.9 Å². The van der Waals surface area contributed by atoms with Crippen LogP contribution in [0.4, 0.5) is 0 Å². The van der Waals surface area contributed by atoms with Gasteiger partial charge in [0.15, 0.2) is 0 Å². The number of rotatable bonds is 9. The van der Waals surface area contributed by atoms with Crippen LogP contribution in [0.5, 0.6) is 0 Å². The molecule has 2 aromatic rings. The molecule has 0 heterocycles. The van der Waals surface area contributed by atoms with Gasteiger partial charge in [0, 0.05) is 13.1 Å². The fraction of sp³-hybridized carbons (Fsp3) is 0.318. The molecule has 28 heavy (non-hydrogen) atoms. The molecule has 0 aliphatic heterocycles. The Kier molecular flexibility index (Phi) is 7.54. The zero-order chi connectivity index (χ0) is 20.7. The first-order valence-corrected chi connectivity index (χ1v) is 10.7. The Hall–Kier alpha value is -2.44. The molecule has 0 unspecified atom stereocenters. The van der Waals surface area contributed by atoms with E-state index in [0.717, 1.165) is 11.1 Å². The summed E-state index contributed by atoms with van der Waals surface area (Å²) in [7, 11) is -3.82. The van der Waals surface area contributed by atoms with Crippen molar-refractivity contribution < 1.29 is 13.2 Å². The minimum absolute atomic E-state index is 0.223. The van der Waals surface area contributed by atoms with Gasteiger partial charge in [0.2, 0.25) is 15.9 Å². The fourth-order valence-electron chi connectivity index (χ4n) is 3.29. The van der Waals surface area contributed by atoms with Crippen molar-refractivity contribution in [1.29, 1.82) is 0 Å². The van der Waals surface area contributed by atoms with Crippen LogP contribution in [0.1, 0.15) is 22.3 Å². The lowest BCUT2D eigenvalue weighted by molar-refractivity contribution is -0.121. The molecule has 1 N–H and O–H groups in total. The van der Waals surface area contributed by atoms with Crippen LogP contribution in [0.25, 0.3) is 0 Å². The Labute approximate surface area is 168 Å². The van der Waals surface area contributed by atoms with E-state index in [0.29, 0.717) is 24.1 Å². The van der Waals surface area contributed by atoms with Crippen molar-refractivity contribution in [3.8, 4) is 0 Å². The standard InChI is InChI=1S/C22H28N2O3S/c1-5-12-23-21(25)16-24(13-11-20-9-7-6-8-10-20)28(26,27)22-18(3)14-17(2)15-19(22)4/h5-10,14-15H,1,11-13,16H2,2-4H3,(H,23,25). The van der Waals surface area contributed by atoms with Gasteiger partial charge >= 0.3 is 0 Å². The van der Waals surface area contributed by atoms with Gasteiger partial charge in [0.1, 0.15) is 0 Å². The molecule has 0 fully saturated rings. The molecule has 0 saturated heterocycles. The number of carbonyl (C=O) groups excluding carboxylic acids is 1. The highest BCUT2D eigenvalue weighted by Gasteiger charge is 2.29. The fourth-order valence-corrected chi connectivity index (χ4v) is 5.10. The molecule has 1 amide bonds. The molecule has 0 spiro atoms. The van der Waals surface area contributed by atoms with Gasteiger partial charge in [-0.05, 0) is 43.9 Å². The molecule has 2 aromatic carbocycles. The Balaban J connectivity index is 2.35. The van der Waals surface area contributed by atoms with Crippen LogP contribution in [-0.4, -0.2) is 38.3 Å². The summed E-state index contributed by atoms with van der Waals surface area (Å²) in [4.78, 5) is 12.5. The zero-order valence-electron chi connectivity index (χ0n) is 16.7. The summed E-state index contributed by atoms with van der Waals surface area (Å²) < 4.78 is 28.2. The molecule has 6 heteroatoms. The number of nitrogens with zero attached hydrogens (tertiary/aromatic N) is 1. The van der Waals surface area contributed by atoms with Crippen LogP contribution in [0.3, 0.4) is 0 Å². The van der Waals surface area contributed by atoms with Crippen molar-refractivity contribution in [2.75, 3.05) is 19.6 Å². The summed E-state index contributed by atoms with van der Waals surface area (Å²) in [6.45, 7) is 9.39. The Bertz CT molecular complexity index is 915. The molecule has 0 aliphatic carbocycles. The van der Waals surface area contributed by atoms with Crippen LogP contribution >= 0.6 is 0 Å². The number of nitrogens with one attached hydrogen (secondary N) is 1. The van der Waals surface area contributed by atoms with Crippen LogP contribution in [-0.2, 0) is 21.2 Å². The van der Waals surface area contributed by atoms with Crippen molar-refractivity contribution >= 4 is 15.9 Å². The Morgan fingerprint density at radius 1 is 1.11 bits per heavy atom. The van der Waals surface area contributed by atoms with Gasteiger partial charge < -0.3 is 5.32 Å². The third kappa shape index (κ3) is 5.53. The number of hydrogen-bond acceptors (Lipinski definition) is 3. The molecular formula is C22H28N2O3S. The summed E-state index contributed by atoms with van der Waals surface area (Å²) >= 11 is 0. The minimum atomic E-state index is -3.82. The molecule has 0 atom stereocenters. The van der Waals surface area contributed by atoms with Gasteiger partial charge in [0.25, 0.3) is 0 Å². The average molecular weight is 401 g/mol. The van der Waals surface area contributed by atoms with Gasteiger partial charge in [-0.3, -0.25) is 4.79 Å². The number of aryl methyl sites for hydroxylation is 3. The topological polar surface area (TPSA) is 66.5 Å². The predicted octanol–water partition coefficient (Wildman–Crippen LogP) is 3.15. The zero-order valence-corrected chi connectivity index (χ0v) is 17.6. The van der Waals surface area contributed by atoms with Crippen molar-refractivity contribution in [1.82, 2.24) is 9.62 Å². The third-order valence-electron chi connectivity index (χ3n) is 4.46. The maximum Gasteiger partial charge on any atom is 0.244 e. The molecule has 0 aromatic heterocycles. The maximum atomic E-state index is 13.4. The SMILES string of the molecule is C=CCNC(=O)CN(CCc1ccccc1)S(=O)(=O)c1c(C)cc(C)cc1C. The van der Waals surface area contributed by atoms with Gasteiger partial charge in [0.05, 0.1) is 11.4 Å². The number of benzene rings is 2. The monoisotopic (exact) mass is 400 g/mol. The first-order valence-electron chi connectivity index (χ1n) is 9.25. The molecule has 0 aliphatic rings. The second-order valence-corrected chi connectivity index (χ2v) is 8.77. The van der Waals surface area contributed by atoms with Crippen molar-refractivity contribution in [2.45, 2.75) is 32.1 Å². The van der Waals surface area contributed by atoms with E-state index in [4.69, 9.17) is 0 Å². The smallest absolute Gasteiger partial charge is 0.244 e. The summed E-state index contributed by atoms with van der Waals surface area (Å²) in [5.41, 5.74) is 3.41. The lowest BCUT2D eigenvalue weighted by atomic mass is 10.1.